The van der Waals surface area contributed by atoms with E-state index in [9.17, 15) is 14.4 Å². The van der Waals surface area contributed by atoms with Gasteiger partial charge in [-0.3, -0.25) is 9.59 Å². The Labute approximate surface area is 140 Å². The number of rotatable bonds is 4. The standard InChI is InChI=1S/C17H20N2O5/c1-12(11-15(20)19-7-9-24-10-8-19)16(21)18-14-5-3-13(4-6-14)17(22)23-2/h3-6,11H,7-10H2,1-2H3,(H,18,21)/b12-11+. The number of hydrogen-bond donors (Lipinski definition) is 1. The second kappa shape index (κ2) is 8.26. The van der Waals surface area contributed by atoms with Crippen LogP contribution in [0.4, 0.5) is 5.69 Å². The van der Waals surface area contributed by atoms with Crippen molar-refractivity contribution in [3.8, 4) is 0 Å². The first-order chi connectivity index (χ1) is 11.5. The van der Waals surface area contributed by atoms with Crippen molar-refractivity contribution in [3.05, 3.63) is 41.5 Å². The predicted octanol–water partition coefficient (Wildman–Crippen LogP) is 1.22. The number of benzene rings is 1. The molecule has 128 valence electrons. The number of carbonyl (C=O) groups excluding carboxylic acids is 3. The van der Waals surface area contributed by atoms with Crippen LogP contribution in [0.15, 0.2) is 35.9 Å². The molecule has 1 N–H and O–H groups in total. The maximum atomic E-state index is 12.1. The Balaban J connectivity index is 1.96. The molecule has 0 spiro atoms. The number of anilines is 1. The van der Waals surface area contributed by atoms with Crippen molar-refractivity contribution in [1.29, 1.82) is 0 Å². The van der Waals surface area contributed by atoms with Crippen molar-refractivity contribution < 1.29 is 23.9 Å². The molecule has 1 saturated heterocycles. The van der Waals surface area contributed by atoms with Crippen LogP contribution >= 0.6 is 0 Å². The summed E-state index contributed by atoms with van der Waals surface area (Å²) in [4.78, 5) is 37.2. The number of amides is 2. The van der Waals surface area contributed by atoms with E-state index in [-0.39, 0.29) is 11.8 Å². The largest absolute Gasteiger partial charge is 0.465 e. The summed E-state index contributed by atoms with van der Waals surface area (Å²) < 4.78 is 9.80. The van der Waals surface area contributed by atoms with Crippen LogP contribution in [0.25, 0.3) is 0 Å². The summed E-state index contributed by atoms with van der Waals surface area (Å²) in [6, 6.07) is 6.31. The van der Waals surface area contributed by atoms with Crippen LogP contribution < -0.4 is 5.32 Å². The number of nitrogens with one attached hydrogen (secondary N) is 1. The first-order valence-corrected chi connectivity index (χ1v) is 7.56. The van der Waals surface area contributed by atoms with Crippen molar-refractivity contribution in [2.24, 2.45) is 0 Å². The molecule has 1 fully saturated rings. The monoisotopic (exact) mass is 332 g/mol. The molecule has 7 nitrogen and oxygen atoms in total. The van der Waals surface area contributed by atoms with Crippen LogP contribution in [0.1, 0.15) is 17.3 Å². The van der Waals surface area contributed by atoms with Gasteiger partial charge in [-0.25, -0.2) is 4.79 Å². The van der Waals surface area contributed by atoms with Gasteiger partial charge in [0.2, 0.25) is 5.91 Å². The highest BCUT2D eigenvalue weighted by Gasteiger charge is 2.16. The maximum absolute atomic E-state index is 12.1. The van der Waals surface area contributed by atoms with Crippen molar-refractivity contribution in [2.45, 2.75) is 6.92 Å². The third-order valence-corrected chi connectivity index (χ3v) is 3.58. The Hall–Kier alpha value is -2.67. The van der Waals surface area contributed by atoms with E-state index >= 15 is 0 Å². The van der Waals surface area contributed by atoms with E-state index in [4.69, 9.17) is 4.74 Å². The fourth-order valence-corrected chi connectivity index (χ4v) is 2.16. The topological polar surface area (TPSA) is 84.9 Å². The van der Waals surface area contributed by atoms with Gasteiger partial charge < -0.3 is 19.7 Å². The fraction of sp³-hybridized carbons (Fsp3) is 0.353. The molecule has 24 heavy (non-hydrogen) atoms. The minimum absolute atomic E-state index is 0.202. The van der Waals surface area contributed by atoms with Crippen LogP contribution in [0.5, 0.6) is 0 Å². The first kappa shape index (κ1) is 17.7. The summed E-state index contributed by atoms with van der Waals surface area (Å²) in [5.74, 6) is -1.02. The lowest BCUT2D eigenvalue weighted by atomic mass is 10.2. The molecule has 0 radical (unpaired) electrons. The van der Waals surface area contributed by atoms with Gasteiger partial charge in [-0.15, -0.1) is 0 Å². The molecule has 2 amide bonds. The third-order valence-electron chi connectivity index (χ3n) is 3.58. The zero-order valence-electron chi connectivity index (χ0n) is 13.7. The van der Waals surface area contributed by atoms with Crippen LogP contribution in [-0.4, -0.2) is 56.1 Å². The van der Waals surface area contributed by atoms with Gasteiger partial charge in [0.1, 0.15) is 0 Å². The molecule has 1 heterocycles. The molecule has 1 aromatic carbocycles. The molecule has 0 saturated carbocycles. The zero-order valence-corrected chi connectivity index (χ0v) is 13.7. The summed E-state index contributed by atoms with van der Waals surface area (Å²) in [6.45, 7) is 3.66. The Kier molecular flexibility index (Phi) is 6.08. The molecule has 0 bridgehead atoms. The molecule has 1 aromatic rings. The van der Waals surface area contributed by atoms with E-state index in [1.807, 2.05) is 0 Å². The van der Waals surface area contributed by atoms with E-state index in [1.54, 1.807) is 36.1 Å². The number of esters is 1. The predicted molar refractivity (Wildman–Crippen MR) is 87.6 cm³/mol. The van der Waals surface area contributed by atoms with E-state index in [2.05, 4.69) is 10.1 Å². The number of morpholine rings is 1. The molecule has 0 atom stereocenters. The van der Waals surface area contributed by atoms with Crippen LogP contribution in [0, 0.1) is 0 Å². The number of nitrogens with zero attached hydrogens (tertiary/aromatic N) is 1. The lowest BCUT2D eigenvalue weighted by molar-refractivity contribution is -0.130. The molecule has 0 aromatic heterocycles. The van der Waals surface area contributed by atoms with Gasteiger partial charge in [-0.05, 0) is 31.2 Å². The van der Waals surface area contributed by atoms with Crippen molar-refractivity contribution in [2.75, 3.05) is 38.7 Å². The van der Waals surface area contributed by atoms with Gasteiger partial charge in [-0.2, -0.15) is 0 Å². The Morgan fingerprint density at radius 2 is 1.79 bits per heavy atom. The van der Waals surface area contributed by atoms with Gasteiger partial charge in [0, 0.05) is 30.4 Å². The number of methoxy groups -OCH3 is 1. The van der Waals surface area contributed by atoms with E-state index in [1.165, 1.54) is 13.2 Å². The molecule has 0 aliphatic carbocycles. The average Bonchev–Trinajstić information content (AvgIpc) is 2.62. The van der Waals surface area contributed by atoms with Gasteiger partial charge in [0.15, 0.2) is 0 Å². The fourth-order valence-electron chi connectivity index (χ4n) is 2.16. The molecular weight excluding hydrogens is 312 g/mol. The maximum Gasteiger partial charge on any atom is 0.337 e. The van der Waals surface area contributed by atoms with Gasteiger partial charge in [-0.1, -0.05) is 0 Å². The van der Waals surface area contributed by atoms with E-state index < -0.39 is 5.97 Å². The highest BCUT2D eigenvalue weighted by Crippen LogP contribution is 2.12. The van der Waals surface area contributed by atoms with Crippen molar-refractivity contribution in [3.63, 3.8) is 0 Å². The smallest absolute Gasteiger partial charge is 0.337 e. The highest BCUT2D eigenvalue weighted by atomic mass is 16.5. The normalized spacial score (nSPS) is 14.9. The highest BCUT2D eigenvalue weighted by molar-refractivity contribution is 6.07. The van der Waals surface area contributed by atoms with Gasteiger partial charge >= 0.3 is 5.97 Å². The van der Waals surface area contributed by atoms with Crippen molar-refractivity contribution >= 4 is 23.5 Å². The number of ether oxygens (including phenoxy) is 2. The van der Waals surface area contributed by atoms with E-state index in [0.29, 0.717) is 43.1 Å². The number of carbonyl (C=O) groups is 3. The Morgan fingerprint density at radius 3 is 2.38 bits per heavy atom. The lowest BCUT2D eigenvalue weighted by Gasteiger charge is -2.25. The lowest BCUT2D eigenvalue weighted by Crippen LogP contribution is -2.40. The second-order valence-electron chi connectivity index (χ2n) is 5.29. The average molecular weight is 332 g/mol. The zero-order chi connectivity index (χ0) is 17.5. The van der Waals surface area contributed by atoms with Crippen LogP contribution in [0.2, 0.25) is 0 Å². The molecule has 1 aliphatic rings. The second-order valence-corrected chi connectivity index (χ2v) is 5.29. The Bertz CT molecular complexity index is 645. The molecule has 7 heteroatoms. The van der Waals surface area contributed by atoms with Crippen LogP contribution in [-0.2, 0) is 19.1 Å². The molecule has 2 rings (SSSR count). The summed E-state index contributed by atoms with van der Waals surface area (Å²) >= 11 is 0. The molecule has 0 unspecified atom stereocenters. The van der Waals surface area contributed by atoms with E-state index in [0.717, 1.165) is 0 Å². The Morgan fingerprint density at radius 1 is 1.17 bits per heavy atom. The quantitative estimate of drug-likeness (QED) is 0.662. The first-order valence-electron chi connectivity index (χ1n) is 7.56. The third kappa shape index (κ3) is 4.66. The van der Waals surface area contributed by atoms with Crippen molar-refractivity contribution in [1.82, 2.24) is 4.90 Å². The van der Waals surface area contributed by atoms with Gasteiger partial charge in [0.25, 0.3) is 5.91 Å². The summed E-state index contributed by atoms with van der Waals surface area (Å²) in [5, 5.41) is 2.68. The summed E-state index contributed by atoms with van der Waals surface area (Å²) in [5.41, 5.74) is 1.23. The summed E-state index contributed by atoms with van der Waals surface area (Å²) in [6.07, 6.45) is 1.32. The minimum atomic E-state index is -0.444. The minimum Gasteiger partial charge on any atom is -0.465 e. The molecule has 1 aliphatic heterocycles. The SMILES string of the molecule is COC(=O)c1ccc(NC(=O)/C(C)=C/C(=O)N2CCOCC2)cc1. The van der Waals surface area contributed by atoms with Crippen LogP contribution in [0.3, 0.4) is 0 Å². The number of hydrogen-bond acceptors (Lipinski definition) is 5. The van der Waals surface area contributed by atoms with Gasteiger partial charge in [0.05, 0.1) is 25.9 Å². The summed E-state index contributed by atoms with van der Waals surface area (Å²) in [7, 11) is 1.30. The molecular formula is C17H20N2O5.